The van der Waals surface area contributed by atoms with Crippen molar-refractivity contribution in [1.29, 1.82) is 0 Å². The zero-order valence-electron chi connectivity index (χ0n) is 15.9. The van der Waals surface area contributed by atoms with Crippen LogP contribution in [0.2, 0.25) is 0 Å². The van der Waals surface area contributed by atoms with Gasteiger partial charge in [0.25, 0.3) is 0 Å². The van der Waals surface area contributed by atoms with Gasteiger partial charge in [-0.1, -0.05) is 36.8 Å². The van der Waals surface area contributed by atoms with Crippen molar-refractivity contribution in [1.82, 2.24) is 9.80 Å². The number of hydrogen-bond donors (Lipinski definition) is 0. The minimum Gasteiger partial charge on any atom is -0.336 e. The summed E-state index contributed by atoms with van der Waals surface area (Å²) in [7, 11) is 2.19. The van der Waals surface area contributed by atoms with Crippen molar-refractivity contribution in [2.24, 2.45) is 5.92 Å². The van der Waals surface area contributed by atoms with E-state index in [1.165, 1.54) is 37.1 Å². The molecule has 3 heteroatoms. The molecule has 1 heterocycles. The summed E-state index contributed by atoms with van der Waals surface area (Å²) >= 11 is 0. The summed E-state index contributed by atoms with van der Waals surface area (Å²) in [6.07, 6.45) is 5.24. The van der Waals surface area contributed by atoms with E-state index >= 15 is 0 Å². The lowest BCUT2D eigenvalue weighted by Crippen LogP contribution is -2.38. The molecule has 0 radical (unpaired) electrons. The number of carbonyl (C=O) groups is 1. The van der Waals surface area contributed by atoms with Crippen molar-refractivity contribution in [3.8, 4) is 0 Å². The lowest BCUT2D eigenvalue weighted by molar-refractivity contribution is -0.134. The van der Waals surface area contributed by atoms with E-state index in [1.807, 2.05) is 0 Å². The van der Waals surface area contributed by atoms with E-state index < -0.39 is 0 Å². The molecule has 0 spiro atoms. The highest BCUT2D eigenvalue weighted by Gasteiger charge is 2.22. The highest BCUT2D eigenvalue weighted by molar-refractivity contribution is 5.76. The standard InChI is InChI=1S/C21H34N2O/c1-5-18(3)23(16-20-8-6-17(2)7-9-20)21(24)11-10-19-12-14-22(4)15-13-19/h6-9,18-19H,5,10-16H2,1-4H3. The van der Waals surface area contributed by atoms with Gasteiger partial charge in [-0.3, -0.25) is 4.79 Å². The Hall–Kier alpha value is -1.35. The Bertz CT molecular complexity index is 503. The Morgan fingerprint density at radius 3 is 2.46 bits per heavy atom. The maximum Gasteiger partial charge on any atom is 0.223 e. The van der Waals surface area contributed by atoms with Crippen LogP contribution < -0.4 is 0 Å². The van der Waals surface area contributed by atoms with Crippen molar-refractivity contribution >= 4 is 5.91 Å². The van der Waals surface area contributed by atoms with Crippen molar-refractivity contribution in [3.05, 3.63) is 35.4 Å². The first-order chi connectivity index (χ1) is 11.5. The van der Waals surface area contributed by atoms with E-state index in [4.69, 9.17) is 0 Å². The molecule has 1 fully saturated rings. The Morgan fingerprint density at radius 1 is 1.25 bits per heavy atom. The van der Waals surface area contributed by atoms with E-state index in [0.29, 0.717) is 18.4 Å². The quantitative estimate of drug-likeness (QED) is 0.746. The van der Waals surface area contributed by atoms with Gasteiger partial charge in [0.2, 0.25) is 5.91 Å². The van der Waals surface area contributed by atoms with Crippen LogP contribution in [0.15, 0.2) is 24.3 Å². The molecule has 3 nitrogen and oxygen atoms in total. The molecule has 1 aliphatic rings. The number of amides is 1. The van der Waals surface area contributed by atoms with E-state index in [1.54, 1.807) is 0 Å². The van der Waals surface area contributed by atoms with Crippen LogP contribution in [0, 0.1) is 12.8 Å². The molecule has 0 saturated carbocycles. The van der Waals surface area contributed by atoms with Gasteiger partial charge in [0.1, 0.15) is 0 Å². The number of aryl methyl sites for hydroxylation is 1. The molecule has 0 aliphatic carbocycles. The number of rotatable bonds is 7. The monoisotopic (exact) mass is 330 g/mol. The number of carbonyl (C=O) groups excluding carboxylic acids is 1. The topological polar surface area (TPSA) is 23.6 Å². The van der Waals surface area contributed by atoms with Gasteiger partial charge >= 0.3 is 0 Å². The van der Waals surface area contributed by atoms with Crippen molar-refractivity contribution in [3.63, 3.8) is 0 Å². The van der Waals surface area contributed by atoms with Gasteiger partial charge < -0.3 is 9.80 Å². The Labute approximate surface area is 148 Å². The Morgan fingerprint density at radius 2 is 1.88 bits per heavy atom. The van der Waals surface area contributed by atoms with Gasteiger partial charge in [-0.2, -0.15) is 0 Å². The molecular formula is C21H34N2O. The lowest BCUT2D eigenvalue weighted by atomic mass is 9.92. The highest BCUT2D eigenvalue weighted by atomic mass is 16.2. The van der Waals surface area contributed by atoms with Gasteiger partial charge in [-0.25, -0.2) is 0 Å². The van der Waals surface area contributed by atoms with E-state index in [2.05, 4.69) is 61.9 Å². The lowest BCUT2D eigenvalue weighted by Gasteiger charge is -2.31. The number of hydrogen-bond acceptors (Lipinski definition) is 2. The van der Waals surface area contributed by atoms with Gasteiger partial charge in [0.15, 0.2) is 0 Å². The normalized spacial score (nSPS) is 17.7. The fraction of sp³-hybridized carbons (Fsp3) is 0.667. The largest absolute Gasteiger partial charge is 0.336 e. The minimum absolute atomic E-state index is 0.302. The average molecular weight is 331 g/mol. The molecular weight excluding hydrogens is 296 g/mol. The van der Waals surface area contributed by atoms with Gasteiger partial charge in [-0.05, 0) is 71.1 Å². The van der Waals surface area contributed by atoms with Crippen LogP contribution in [-0.4, -0.2) is 41.9 Å². The second-order valence-corrected chi connectivity index (χ2v) is 7.55. The summed E-state index contributed by atoms with van der Waals surface area (Å²) in [5, 5.41) is 0. The predicted molar refractivity (Wildman–Crippen MR) is 101 cm³/mol. The number of piperidine rings is 1. The molecule has 1 atom stereocenters. The molecule has 134 valence electrons. The third kappa shape index (κ3) is 5.62. The third-order valence-corrected chi connectivity index (χ3v) is 5.52. The predicted octanol–water partition coefficient (Wildman–Crippen LogP) is 4.24. The molecule has 2 rings (SSSR count). The van der Waals surface area contributed by atoms with E-state index in [-0.39, 0.29) is 0 Å². The van der Waals surface area contributed by atoms with Crippen molar-refractivity contribution in [2.75, 3.05) is 20.1 Å². The van der Waals surface area contributed by atoms with Gasteiger partial charge in [-0.15, -0.1) is 0 Å². The summed E-state index contributed by atoms with van der Waals surface area (Å²) in [6.45, 7) is 9.53. The molecule has 0 N–H and O–H groups in total. The molecule has 1 amide bonds. The van der Waals surface area contributed by atoms with Crippen LogP contribution in [0.25, 0.3) is 0 Å². The maximum absolute atomic E-state index is 12.8. The third-order valence-electron chi connectivity index (χ3n) is 5.52. The summed E-state index contributed by atoms with van der Waals surface area (Å²) in [5.41, 5.74) is 2.50. The van der Waals surface area contributed by atoms with E-state index in [0.717, 1.165) is 25.3 Å². The second kappa shape index (κ2) is 9.22. The summed E-state index contributed by atoms with van der Waals surface area (Å²) < 4.78 is 0. The summed E-state index contributed by atoms with van der Waals surface area (Å²) in [6, 6.07) is 8.86. The van der Waals surface area contributed by atoms with Gasteiger partial charge in [0.05, 0.1) is 0 Å². The first kappa shape index (κ1) is 19.0. The first-order valence-electron chi connectivity index (χ1n) is 9.53. The minimum atomic E-state index is 0.302. The highest BCUT2D eigenvalue weighted by Crippen LogP contribution is 2.22. The number of likely N-dealkylation sites (tertiary alicyclic amines) is 1. The second-order valence-electron chi connectivity index (χ2n) is 7.55. The van der Waals surface area contributed by atoms with Gasteiger partial charge in [0, 0.05) is 19.0 Å². The zero-order valence-corrected chi connectivity index (χ0v) is 15.9. The molecule has 1 saturated heterocycles. The molecule has 1 aromatic carbocycles. The molecule has 24 heavy (non-hydrogen) atoms. The SMILES string of the molecule is CCC(C)N(Cc1ccc(C)cc1)C(=O)CCC1CCN(C)CC1. The molecule has 1 unspecified atom stereocenters. The van der Waals surface area contributed by atoms with E-state index in [9.17, 15) is 4.79 Å². The molecule has 0 aromatic heterocycles. The maximum atomic E-state index is 12.8. The van der Waals surface area contributed by atoms with Crippen LogP contribution >= 0.6 is 0 Å². The zero-order chi connectivity index (χ0) is 17.5. The fourth-order valence-corrected chi connectivity index (χ4v) is 3.42. The van der Waals surface area contributed by atoms with Crippen LogP contribution in [0.4, 0.5) is 0 Å². The summed E-state index contributed by atoms with van der Waals surface area (Å²) in [5.74, 6) is 1.05. The van der Waals surface area contributed by atoms with Crippen molar-refractivity contribution < 1.29 is 4.79 Å². The number of nitrogens with zero attached hydrogens (tertiary/aromatic N) is 2. The molecule has 1 aromatic rings. The average Bonchev–Trinajstić information content (AvgIpc) is 2.60. The van der Waals surface area contributed by atoms with Crippen molar-refractivity contribution in [2.45, 2.75) is 65.5 Å². The van der Waals surface area contributed by atoms with Crippen LogP contribution in [-0.2, 0) is 11.3 Å². The van der Waals surface area contributed by atoms with Crippen LogP contribution in [0.5, 0.6) is 0 Å². The molecule has 1 aliphatic heterocycles. The Kier molecular flexibility index (Phi) is 7.29. The van der Waals surface area contributed by atoms with Crippen LogP contribution in [0.3, 0.4) is 0 Å². The fourth-order valence-electron chi connectivity index (χ4n) is 3.42. The Balaban J connectivity index is 1.91. The smallest absolute Gasteiger partial charge is 0.223 e. The molecule has 0 bridgehead atoms. The first-order valence-corrected chi connectivity index (χ1v) is 9.53. The number of benzene rings is 1. The van der Waals surface area contributed by atoms with Crippen LogP contribution in [0.1, 0.15) is 57.1 Å². The summed E-state index contributed by atoms with van der Waals surface area (Å²) in [4.78, 5) is 17.3.